The predicted octanol–water partition coefficient (Wildman–Crippen LogP) is 4.33. The number of para-hydroxylation sites is 1. The van der Waals surface area contributed by atoms with Gasteiger partial charge in [-0.1, -0.05) is 18.2 Å². The lowest BCUT2D eigenvalue weighted by atomic mass is 10.1. The van der Waals surface area contributed by atoms with Crippen molar-refractivity contribution in [2.24, 2.45) is 5.18 Å². The summed E-state index contributed by atoms with van der Waals surface area (Å²) in [5.41, 5.74) is 1.82. The van der Waals surface area contributed by atoms with Crippen molar-refractivity contribution in [2.45, 2.75) is 0 Å². The van der Waals surface area contributed by atoms with Gasteiger partial charge in [-0.25, -0.2) is 0 Å². The molecule has 0 radical (unpaired) electrons. The Bertz CT molecular complexity index is 1130. The van der Waals surface area contributed by atoms with Crippen LogP contribution in [0.3, 0.4) is 0 Å². The lowest BCUT2D eigenvalue weighted by Gasteiger charge is -1.98. The normalized spacial score (nSPS) is 11.2. The zero-order chi connectivity index (χ0) is 16.8. The number of rotatable bonds is 3. The number of aromatic amines is 2. The van der Waals surface area contributed by atoms with Crippen LogP contribution in [0.1, 0.15) is 0 Å². The van der Waals surface area contributed by atoms with Gasteiger partial charge in [0, 0.05) is 33.9 Å². The minimum Gasteiger partial charge on any atom is -0.494 e. The van der Waals surface area contributed by atoms with E-state index < -0.39 is 4.92 Å². The maximum absolute atomic E-state index is 11.4. The number of aromatic hydroxyl groups is 1. The Morgan fingerprint density at radius 3 is 2.54 bits per heavy atom. The Balaban J connectivity index is 2.07. The molecule has 4 aromatic rings. The lowest BCUT2D eigenvalue weighted by Crippen LogP contribution is -1.86. The molecule has 0 spiro atoms. The van der Waals surface area contributed by atoms with Crippen molar-refractivity contribution < 1.29 is 10.0 Å². The summed E-state index contributed by atoms with van der Waals surface area (Å²) < 4.78 is 0. The van der Waals surface area contributed by atoms with Crippen molar-refractivity contribution >= 4 is 33.2 Å². The smallest absolute Gasteiger partial charge is 0.270 e. The number of H-pyrrole nitrogens is 2. The molecule has 0 atom stereocenters. The summed E-state index contributed by atoms with van der Waals surface area (Å²) in [4.78, 5) is 27.7. The number of benzene rings is 2. The van der Waals surface area contributed by atoms with E-state index in [2.05, 4.69) is 15.1 Å². The highest BCUT2D eigenvalue weighted by molar-refractivity contribution is 6.07. The standard InChI is InChI=1S/C16H10N4O4/c21-16-13(9-3-1-2-4-11(9)18-16)15-14(19-22)10-7-8(20(23)24)5-6-12(10)17-15/h1-7,17-18,21H. The molecule has 0 aliphatic carbocycles. The molecule has 0 bridgehead atoms. The zero-order valence-corrected chi connectivity index (χ0v) is 12.1. The van der Waals surface area contributed by atoms with Gasteiger partial charge < -0.3 is 15.1 Å². The topological polar surface area (TPSA) is 124 Å². The fourth-order valence-electron chi connectivity index (χ4n) is 2.94. The van der Waals surface area contributed by atoms with E-state index in [0.29, 0.717) is 33.1 Å². The van der Waals surface area contributed by atoms with Crippen LogP contribution in [-0.2, 0) is 0 Å². The first kappa shape index (κ1) is 13.9. The fraction of sp³-hybridized carbons (Fsp3) is 0. The highest BCUT2D eigenvalue weighted by Crippen LogP contribution is 2.44. The Morgan fingerprint density at radius 1 is 1.04 bits per heavy atom. The van der Waals surface area contributed by atoms with Crippen molar-refractivity contribution in [3.8, 4) is 17.1 Å². The number of nitrogens with zero attached hydrogens (tertiary/aromatic N) is 2. The number of nitrogens with one attached hydrogen (secondary N) is 2. The number of hydrogen-bond donors (Lipinski definition) is 3. The van der Waals surface area contributed by atoms with E-state index in [-0.39, 0.29) is 17.3 Å². The first-order chi connectivity index (χ1) is 11.6. The summed E-state index contributed by atoms with van der Waals surface area (Å²) >= 11 is 0. The van der Waals surface area contributed by atoms with Gasteiger partial charge >= 0.3 is 0 Å². The van der Waals surface area contributed by atoms with Gasteiger partial charge in [0.2, 0.25) is 0 Å². The molecule has 4 rings (SSSR count). The third kappa shape index (κ3) is 1.86. The summed E-state index contributed by atoms with van der Waals surface area (Å²) in [6, 6.07) is 11.3. The molecule has 2 heterocycles. The third-order valence-electron chi connectivity index (χ3n) is 3.99. The zero-order valence-electron chi connectivity index (χ0n) is 12.1. The molecule has 0 saturated carbocycles. The van der Waals surface area contributed by atoms with Gasteiger partial charge in [0.15, 0.2) is 5.88 Å². The van der Waals surface area contributed by atoms with E-state index in [1.807, 2.05) is 6.07 Å². The number of nitroso groups, excluding NO2 is 1. The summed E-state index contributed by atoms with van der Waals surface area (Å²) in [6.07, 6.45) is 0. The summed E-state index contributed by atoms with van der Waals surface area (Å²) in [6.45, 7) is 0. The summed E-state index contributed by atoms with van der Waals surface area (Å²) in [5.74, 6) is -0.109. The van der Waals surface area contributed by atoms with E-state index in [4.69, 9.17) is 0 Å². The molecule has 0 fully saturated rings. The molecule has 0 aliphatic rings. The van der Waals surface area contributed by atoms with Crippen LogP contribution in [-0.4, -0.2) is 20.0 Å². The van der Waals surface area contributed by atoms with Gasteiger partial charge in [0.25, 0.3) is 5.69 Å². The number of aromatic nitrogens is 2. The van der Waals surface area contributed by atoms with E-state index in [1.165, 1.54) is 18.2 Å². The Morgan fingerprint density at radius 2 is 1.79 bits per heavy atom. The van der Waals surface area contributed by atoms with Crippen molar-refractivity contribution in [1.82, 2.24) is 9.97 Å². The molecule has 2 aromatic heterocycles. The Hall–Kier alpha value is -3.68. The van der Waals surface area contributed by atoms with Crippen molar-refractivity contribution in [3.05, 3.63) is 57.5 Å². The Labute approximate surface area is 133 Å². The molecular weight excluding hydrogens is 312 g/mol. The summed E-state index contributed by atoms with van der Waals surface area (Å²) in [7, 11) is 0. The van der Waals surface area contributed by atoms with E-state index in [0.717, 1.165) is 0 Å². The minimum absolute atomic E-state index is 0.0220. The molecule has 0 unspecified atom stereocenters. The number of fused-ring (bicyclic) bond motifs is 2. The van der Waals surface area contributed by atoms with Crippen LogP contribution in [0.2, 0.25) is 0 Å². The molecule has 2 aromatic carbocycles. The first-order valence-corrected chi connectivity index (χ1v) is 7.03. The average Bonchev–Trinajstić information content (AvgIpc) is 3.09. The quantitative estimate of drug-likeness (QED) is 0.295. The van der Waals surface area contributed by atoms with Crippen LogP contribution >= 0.6 is 0 Å². The molecule has 24 heavy (non-hydrogen) atoms. The van der Waals surface area contributed by atoms with Crippen LogP contribution in [0, 0.1) is 15.0 Å². The predicted molar refractivity (Wildman–Crippen MR) is 89.4 cm³/mol. The molecule has 3 N–H and O–H groups in total. The maximum atomic E-state index is 11.4. The lowest BCUT2D eigenvalue weighted by molar-refractivity contribution is -0.384. The Kier molecular flexibility index (Phi) is 2.86. The minimum atomic E-state index is -0.538. The average molecular weight is 322 g/mol. The first-order valence-electron chi connectivity index (χ1n) is 7.03. The fourth-order valence-corrected chi connectivity index (χ4v) is 2.94. The third-order valence-corrected chi connectivity index (χ3v) is 3.99. The SMILES string of the molecule is O=Nc1c(-c2c(O)[nH]c3ccccc23)[nH]c2ccc([N+](=O)[O-])cc12. The highest BCUT2D eigenvalue weighted by atomic mass is 16.6. The highest BCUT2D eigenvalue weighted by Gasteiger charge is 2.22. The summed E-state index contributed by atoms with van der Waals surface area (Å²) in [5, 5.41) is 25.3. The molecule has 0 amide bonds. The van der Waals surface area contributed by atoms with Crippen LogP contribution in [0.25, 0.3) is 33.1 Å². The molecule has 8 nitrogen and oxygen atoms in total. The van der Waals surface area contributed by atoms with Crippen LogP contribution in [0.4, 0.5) is 11.4 Å². The second-order valence-corrected chi connectivity index (χ2v) is 5.32. The number of nitro benzene ring substituents is 1. The van der Waals surface area contributed by atoms with E-state index >= 15 is 0 Å². The van der Waals surface area contributed by atoms with E-state index in [9.17, 15) is 20.1 Å². The largest absolute Gasteiger partial charge is 0.494 e. The van der Waals surface area contributed by atoms with Crippen molar-refractivity contribution in [2.75, 3.05) is 0 Å². The number of non-ortho nitro benzene ring substituents is 1. The second-order valence-electron chi connectivity index (χ2n) is 5.32. The molecule has 0 aliphatic heterocycles. The van der Waals surface area contributed by atoms with Crippen molar-refractivity contribution in [3.63, 3.8) is 0 Å². The van der Waals surface area contributed by atoms with Gasteiger partial charge in [-0.05, 0) is 17.3 Å². The monoisotopic (exact) mass is 322 g/mol. The molecule has 8 heteroatoms. The van der Waals surface area contributed by atoms with E-state index in [1.54, 1.807) is 18.2 Å². The van der Waals surface area contributed by atoms with Crippen LogP contribution in [0.15, 0.2) is 47.6 Å². The molecular formula is C16H10N4O4. The van der Waals surface area contributed by atoms with Gasteiger partial charge in [-0.3, -0.25) is 10.1 Å². The number of nitro groups is 1. The van der Waals surface area contributed by atoms with Gasteiger partial charge in [0.05, 0.1) is 16.2 Å². The molecule has 118 valence electrons. The second kappa shape index (κ2) is 4.92. The van der Waals surface area contributed by atoms with Gasteiger partial charge in [-0.2, -0.15) is 0 Å². The van der Waals surface area contributed by atoms with Gasteiger partial charge in [-0.15, -0.1) is 4.91 Å². The van der Waals surface area contributed by atoms with Crippen LogP contribution < -0.4 is 0 Å². The maximum Gasteiger partial charge on any atom is 0.270 e. The molecule has 0 saturated heterocycles. The van der Waals surface area contributed by atoms with Crippen LogP contribution in [0.5, 0.6) is 5.88 Å². The van der Waals surface area contributed by atoms with Gasteiger partial charge in [0.1, 0.15) is 5.69 Å². The van der Waals surface area contributed by atoms with Crippen molar-refractivity contribution in [1.29, 1.82) is 0 Å². The number of hydrogen-bond acceptors (Lipinski definition) is 5.